The zero-order valence-electron chi connectivity index (χ0n) is 8.28. The van der Waals surface area contributed by atoms with E-state index in [-0.39, 0.29) is 11.5 Å². The van der Waals surface area contributed by atoms with Gasteiger partial charge in [-0.3, -0.25) is 0 Å². The molecule has 0 bridgehead atoms. The predicted molar refractivity (Wildman–Crippen MR) is 69.4 cm³/mol. The topological polar surface area (TPSA) is 0 Å². The van der Waals surface area contributed by atoms with Crippen molar-refractivity contribution in [3.05, 3.63) is 0 Å². The van der Waals surface area contributed by atoms with E-state index in [1.54, 1.807) is 0 Å². The Morgan fingerprint density at radius 1 is 0.824 bits per heavy atom. The van der Waals surface area contributed by atoms with Gasteiger partial charge in [-0.2, -0.15) is 0 Å². The molecule has 7 heteroatoms. The van der Waals surface area contributed by atoms with Crippen LogP contribution in [0.1, 0.15) is 0 Å². The van der Waals surface area contributed by atoms with Crippen molar-refractivity contribution in [1.29, 1.82) is 0 Å². The van der Waals surface area contributed by atoms with Crippen LogP contribution in [0.2, 0.25) is 37.7 Å². The Morgan fingerprint density at radius 2 is 1.41 bits per heavy atom. The second-order valence-electron chi connectivity index (χ2n) is 10.2. The molecule has 9 atom stereocenters. The van der Waals surface area contributed by atoms with E-state index < -0.39 is 12.5 Å². The van der Waals surface area contributed by atoms with Crippen LogP contribution in [0, 0.1) is 0 Å². The van der Waals surface area contributed by atoms with Gasteiger partial charge in [0.2, 0.25) is 0 Å². The first kappa shape index (κ1) is 7.99. The van der Waals surface area contributed by atoms with Crippen molar-refractivity contribution in [1.82, 2.24) is 0 Å². The van der Waals surface area contributed by atoms with E-state index >= 15 is 0 Å². The molecule has 10 heterocycles. The Balaban J connectivity index is 1.81. The third-order valence-corrected chi connectivity index (χ3v) is 75.0. The maximum absolute atomic E-state index is 7.31. The van der Waals surface area contributed by atoms with E-state index in [0.717, 1.165) is 33.7 Å². The summed E-state index contributed by atoms with van der Waals surface area (Å²) in [5, 5.41) is 0. The molecule has 10 saturated heterocycles. The Kier molecular flexibility index (Phi) is 0.297. The van der Waals surface area contributed by atoms with Crippen molar-refractivity contribution in [2.45, 2.75) is 45.2 Å². The van der Waals surface area contributed by atoms with Crippen LogP contribution < -0.4 is 0 Å². The summed E-state index contributed by atoms with van der Waals surface area (Å²) in [6.45, 7) is -3.83. The van der Waals surface area contributed by atoms with Gasteiger partial charge in [-0.15, -0.1) is 0 Å². The predicted octanol–water partition coefficient (Wildman–Crippen LogP) is 5.23. The van der Waals surface area contributed by atoms with Crippen LogP contribution in [0.5, 0.6) is 0 Å². The van der Waals surface area contributed by atoms with Gasteiger partial charge >= 0.3 is 114 Å². The Bertz CT molecular complexity index is 1090. The summed E-state index contributed by atoms with van der Waals surface area (Å²) in [5.41, 5.74) is 0. The minimum absolute atomic E-state index is 0.0423. The molecule has 0 aromatic heterocycles. The normalized spacial score (nSPS) is 129. The molecule has 0 nitrogen and oxygen atoms in total. The molecule has 0 radical (unpaired) electrons. The van der Waals surface area contributed by atoms with E-state index in [4.69, 9.17) is 56.4 Å². The van der Waals surface area contributed by atoms with Crippen LogP contribution in [0.25, 0.3) is 0 Å². The van der Waals surface area contributed by atoms with Crippen LogP contribution in [0.3, 0.4) is 0 Å². The minimum atomic E-state index is -3.83. The standard InChI is InChI=1S/C5H3Cl4Si.C5H4Cl.Fe/c6-4-2-1-3-5(4)10(7,8)9;6-5-3-1-2-4-5;/h1-3H;1-4H;. The average molecular weight is 388 g/mol. The van der Waals surface area contributed by atoms with Crippen molar-refractivity contribution >= 4 is 62.4 Å². The molecule has 17 heavy (non-hydrogen) atoms. The van der Waals surface area contributed by atoms with Crippen LogP contribution >= 0.6 is 56.4 Å². The molecule has 0 amide bonds. The van der Waals surface area contributed by atoms with Gasteiger partial charge in [-0.05, 0) is 0 Å². The van der Waals surface area contributed by atoms with Gasteiger partial charge in [-0.25, -0.2) is 0 Å². The van der Waals surface area contributed by atoms with E-state index in [0.29, 0.717) is 0 Å². The fraction of sp³-hybridized carbons (Fsp3) is 1.00. The molecule has 0 N–H and O–H groups in total. The SMILES string of the molecule is Cl[C]12[CH]3[CH]4[CH]5[CH]1[Fe]45321678[CH]2[CH]1[C]6(Cl)[C]7([Si](Cl)(Cl)Cl)[CH]28. The van der Waals surface area contributed by atoms with Gasteiger partial charge in [0.1, 0.15) is 0 Å². The molecule has 94 valence electrons. The number of alkyl halides is 2. The number of fused-ring (bicyclic) bond motifs is 10. The number of halogens is 5. The summed E-state index contributed by atoms with van der Waals surface area (Å²) in [5.74, 6) is 0. The Labute approximate surface area is 113 Å². The zero-order valence-corrected chi connectivity index (χ0v) is 14.2. The van der Waals surface area contributed by atoms with Gasteiger partial charge < -0.3 is 0 Å². The fourth-order valence-corrected chi connectivity index (χ4v) is 135. The summed E-state index contributed by atoms with van der Waals surface area (Å²) in [6.07, 6.45) is 0. The molecule has 10 rings (SSSR count). The summed E-state index contributed by atoms with van der Waals surface area (Å²) in [4.78, 5) is 6.34. The van der Waals surface area contributed by atoms with Gasteiger partial charge in [0.05, 0.1) is 0 Å². The first-order valence-corrected chi connectivity index (χ1v) is 18.1. The maximum atomic E-state index is 7.31. The van der Waals surface area contributed by atoms with Gasteiger partial charge in [0.25, 0.3) is 0 Å². The number of rotatable bonds is 1. The molecule has 0 aromatic rings. The second kappa shape index (κ2) is 0.632. The quantitative estimate of drug-likeness (QED) is 0.328. The Hall–Kier alpha value is 2.19. The number of hydrogen-bond acceptors (Lipinski definition) is 0. The third kappa shape index (κ3) is 0.0755. The molecule has 10 fully saturated rings. The molecule has 9 unspecified atom stereocenters. The van der Waals surface area contributed by atoms with Crippen molar-refractivity contribution in [2.24, 2.45) is 0 Å². The van der Waals surface area contributed by atoms with E-state index in [1.165, 1.54) is 0 Å². The molecule has 0 aromatic carbocycles. The van der Waals surface area contributed by atoms with Gasteiger partial charge in [-0.1, -0.05) is 0 Å². The molecule has 0 saturated carbocycles. The van der Waals surface area contributed by atoms with Crippen LogP contribution in [0.4, 0.5) is 0 Å². The van der Waals surface area contributed by atoms with Crippen molar-refractivity contribution in [2.75, 3.05) is 0 Å². The summed E-state index contributed by atoms with van der Waals surface area (Å²) in [7, 11) is 0. The first-order valence-electron chi connectivity index (χ1n) is 6.23. The van der Waals surface area contributed by atoms with Gasteiger partial charge in [0, 0.05) is 0 Å². The summed E-state index contributed by atoms with van der Waals surface area (Å²) < 4.78 is 0.339. The molecule has 1 spiro atoms. The van der Waals surface area contributed by atoms with Crippen molar-refractivity contribution in [3.8, 4) is 0 Å². The van der Waals surface area contributed by atoms with Gasteiger partial charge in [0.15, 0.2) is 0 Å². The summed E-state index contributed by atoms with van der Waals surface area (Å²) in [6, 6.07) is -2.72. The third-order valence-electron chi connectivity index (χ3n) is 15.1. The summed E-state index contributed by atoms with van der Waals surface area (Å²) >= 11 is 34.5. The zero-order chi connectivity index (χ0) is 11.4. The molecule has 10 aliphatic rings. The van der Waals surface area contributed by atoms with Crippen LogP contribution in [0.15, 0.2) is 0 Å². The van der Waals surface area contributed by atoms with E-state index in [2.05, 4.69) is 0 Å². The fourth-order valence-electron chi connectivity index (χ4n) is 17.1. The second-order valence-corrected chi connectivity index (χ2v) is 43.9. The molecular formula is C10H7Cl5FeSi. The van der Waals surface area contributed by atoms with Crippen LogP contribution in [-0.4, -0.2) is 13.5 Å². The monoisotopic (exact) mass is 386 g/mol. The average Bonchev–Trinajstić information content (AvgIpc) is 3.13. The molecule has 0 aliphatic carbocycles. The first-order chi connectivity index (χ1) is 7.57. The van der Waals surface area contributed by atoms with Crippen LogP contribution in [-0.2, 0) is 6.51 Å². The van der Waals surface area contributed by atoms with E-state index in [1.807, 2.05) is 0 Å². The van der Waals surface area contributed by atoms with Crippen molar-refractivity contribution < 1.29 is 6.51 Å². The molecule has 10 aliphatic heterocycles. The van der Waals surface area contributed by atoms with Crippen molar-refractivity contribution in [3.63, 3.8) is 0 Å². The van der Waals surface area contributed by atoms with E-state index in [9.17, 15) is 0 Å². The number of hydrogen-bond donors (Lipinski definition) is 0. The molecular weight excluding hydrogens is 381 g/mol. The Morgan fingerprint density at radius 3 is 1.47 bits per heavy atom.